The lowest BCUT2D eigenvalue weighted by Gasteiger charge is -2.10. The molecule has 0 aliphatic carbocycles. The van der Waals surface area contributed by atoms with Crippen LogP contribution in [0.25, 0.3) is 0 Å². The Bertz CT molecular complexity index is 699. The number of anilines is 2. The Kier molecular flexibility index (Phi) is 6.89. The predicted molar refractivity (Wildman–Crippen MR) is 99.4 cm³/mol. The van der Waals surface area contributed by atoms with Crippen LogP contribution in [0.5, 0.6) is 0 Å². The summed E-state index contributed by atoms with van der Waals surface area (Å²) in [6.45, 7) is 7.26. The highest BCUT2D eigenvalue weighted by molar-refractivity contribution is 5.93. The minimum atomic E-state index is -0.209. The number of hydrogen-bond acceptors (Lipinski definition) is 5. The van der Waals surface area contributed by atoms with Gasteiger partial charge in [-0.2, -0.15) is 0 Å². The van der Waals surface area contributed by atoms with E-state index in [-0.39, 0.29) is 5.91 Å². The molecule has 2 aromatic rings. The molecule has 0 saturated carbocycles. The van der Waals surface area contributed by atoms with E-state index in [1.54, 1.807) is 20.1 Å². The van der Waals surface area contributed by atoms with Crippen molar-refractivity contribution in [1.29, 1.82) is 0 Å². The first-order valence-electron chi connectivity index (χ1n) is 8.49. The highest BCUT2D eigenvalue weighted by Crippen LogP contribution is 2.20. The van der Waals surface area contributed by atoms with E-state index in [0.717, 1.165) is 12.1 Å². The molecule has 0 bridgehead atoms. The fourth-order valence-corrected chi connectivity index (χ4v) is 2.36. The van der Waals surface area contributed by atoms with Gasteiger partial charge in [0.05, 0.1) is 0 Å². The zero-order chi connectivity index (χ0) is 18.2. The number of rotatable bonds is 8. The summed E-state index contributed by atoms with van der Waals surface area (Å²) in [5, 5.41) is 6.07. The molecule has 0 spiro atoms. The van der Waals surface area contributed by atoms with Crippen molar-refractivity contribution in [1.82, 2.24) is 15.3 Å². The third-order valence-electron chi connectivity index (χ3n) is 3.73. The molecule has 1 aromatic heterocycles. The first-order chi connectivity index (χ1) is 12.0. The zero-order valence-electron chi connectivity index (χ0n) is 15.3. The monoisotopic (exact) mass is 342 g/mol. The van der Waals surface area contributed by atoms with Crippen LogP contribution in [0.15, 0.2) is 30.3 Å². The molecular weight excluding hydrogens is 316 g/mol. The molecule has 1 aromatic carbocycles. The van der Waals surface area contributed by atoms with Gasteiger partial charge < -0.3 is 15.4 Å². The van der Waals surface area contributed by atoms with Crippen LogP contribution in [-0.2, 0) is 4.74 Å². The van der Waals surface area contributed by atoms with Crippen molar-refractivity contribution in [3.05, 3.63) is 47.4 Å². The van der Waals surface area contributed by atoms with E-state index in [1.807, 2.05) is 12.1 Å². The Balaban J connectivity index is 2.06. The van der Waals surface area contributed by atoms with E-state index in [1.165, 1.54) is 5.56 Å². The van der Waals surface area contributed by atoms with Gasteiger partial charge in [0.15, 0.2) is 0 Å². The number of carbonyl (C=O) groups is 1. The highest BCUT2D eigenvalue weighted by atomic mass is 16.5. The highest BCUT2D eigenvalue weighted by Gasteiger charge is 2.10. The number of aromatic nitrogens is 2. The van der Waals surface area contributed by atoms with Gasteiger partial charge in [0.2, 0.25) is 0 Å². The predicted octanol–water partition coefficient (Wildman–Crippen LogP) is 3.42. The van der Waals surface area contributed by atoms with Crippen LogP contribution in [0, 0.1) is 6.92 Å². The SMILES string of the molecule is COCCCNC(=O)c1cc(Nc2ccc(C(C)C)cc2)nc(C)n1. The molecule has 0 saturated heterocycles. The Morgan fingerprint density at radius 3 is 2.56 bits per heavy atom. The number of carbonyl (C=O) groups excluding carboxylic acids is 1. The second kappa shape index (κ2) is 9.13. The van der Waals surface area contributed by atoms with Gasteiger partial charge >= 0.3 is 0 Å². The zero-order valence-corrected chi connectivity index (χ0v) is 15.3. The first kappa shape index (κ1) is 18.9. The molecule has 6 heteroatoms. The van der Waals surface area contributed by atoms with Crippen LogP contribution in [0.1, 0.15) is 48.1 Å². The third-order valence-corrected chi connectivity index (χ3v) is 3.73. The van der Waals surface area contributed by atoms with E-state index in [2.05, 4.69) is 46.6 Å². The molecule has 2 rings (SSSR count). The molecule has 1 heterocycles. The maximum atomic E-state index is 12.2. The number of methoxy groups -OCH3 is 1. The summed E-state index contributed by atoms with van der Waals surface area (Å²) in [4.78, 5) is 20.8. The summed E-state index contributed by atoms with van der Waals surface area (Å²) in [6, 6.07) is 9.86. The third kappa shape index (κ3) is 5.83. The fraction of sp³-hybridized carbons (Fsp3) is 0.421. The minimum Gasteiger partial charge on any atom is -0.385 e. The van der Waals surface area contributed by atoms with Crippen LogP contribution in [0.2, 0.25) is 0 Å². The molecule has 1 amide bonds. The molecule has 2 N–H and O–H groups in total. The molecule has 0 radical (unpaired) electrons. The minimum absolute atomic E-state index is 0.209. The average Bonchev–Trinajstić information content (AvgIpc) is 2.58. The van der Waals surface area contributed by atoms with E-state index < -0.39 is 0 Å². The number of amides is 1. The van der Waals surface area contributed by atoms with Crippen LogP contribution in [0.4, 0.5) is 11.5 Å². The number of hydrogen-bond donors (Lipinski definition) is 2. The summed E-state index contributed by atoms with van der Waals surface area (Å²) in [5.41, 5.74) is 2.56. The standard InChI is InChI=1S/C19H26N4O2/c1-13(2)15-6-8-16(9-7-15)23-18-12-17(21-14(3)22-18)19(24)20-10-5-11-25-4/h6-9,12-13H,5,10-11H2,1-4H3,(H,20,24)(H,21,22,23). The first-order valence-corrected chi connectivity index (χ1v) is 8.49. The molecule has 25 heavy (non-hydrogen) atoms. The molecule has 0 fully saturated rings. The summed E-state index contributed by atoms with van der Waals surface area (Å²) in [5.74, 6) is 1.43. The quantitative estimate of drug-likeness (QED) is 0.719. The summed E-state index contributed by atoms with van der Waals surface area (Å²) >= 11 is 0. The second-order valence-corrected chi connectivity index (χ2v) is 6.19. The Hall–Kier alpha value is -2.47. The smallest absolute Gasteiger partial charge is 0.270 e. The lowest BCUT2D eigenvalue weighted by Crippen LogP contribution is -2.26. The van der Waals surface area contributed by atoms with Gasteiger partial charge in [-0.25, -0.2) is 9.97 Å². The number of nitrogens with zero attached hydrogens (tertiary/aromatic N) is 2. The fourth-order valence-electron chi connectivity index (χ4n) is 2.36. The molecule has 134 valence electrons. The van der Waals surface area contributed by atoms with Crippen molar-refractivity contribution in [2.45, 2.75) is 33.1 Å². The molecule has 0 aliphatic rings. The average molecular weight is 342 g/mol. The normalized spacial score (nSPS) is 10.8. The van der Waals surface area contributed by atoms with Gasteiger partial charge in [-0.05, 0) is 37.0 Å². The van der Waals surface area contributed by atoms with Crippen molar-refractivity contribution >= 4 is 17.4 Å². The summed E-state index contributed by atoms with van der Waals surface area (Å²) in [7, 11) is 1.64. The number of aryl methyl sites for hydroxylation is 1. The van der Waals surface area contributed by atoms with Gasteiger partial charge in [0.25, 0.3) is 5.91 Å². The summed E-state index contributed by atoms with van der Waals surface area (Å²) < 4.78 is 4.97. The maximum absolute atomic E-state index is 12.2. The molecule has 6 nitrogen and oxygen atoms in total. The van der Waals surface area contributed by atoms with E-state index in [9.17, 15) is 4.79 Å². The van der Waals surface area contributed by atoms with Gasteiger partial charge in [0, 0.05) is 32.0 Å². The van der Waals surface area contributed by atoms with Crippen LogP contribution in [-0.4, -0.2) is 36.1 Å². The topological polar surface area (TPSA) is 76.1 Å². The van der Waals surface area contributed by atoms with Crippen LogP contribution >= 0.6 is 0 Å². The van der Waals surface area contributed by atoms with Crippen molar-refractivity contribution < 1.29 is 9.53 Å². The van der Waals surface area contributed by atoms with Crippen molar-refractivity contribution in [3.63, 3.8) is 0 Å². The molecule has 0 atom stereocenters. The number of ether oxygens (including phenoxy) is 1. The maximum Gasteiger partial charge on any atom is 0.270 e. The van der Waals surface area contributed by atoms with Crippen molar-refractivity contribution in [2.24, 2.45) is 0 Å². The Morgan fingerprint density at radius 2 is 1.92 bits per heavy atom. The lowest BCUT2D eigenvalue weighted by atomic mass is 10.0. The molecule has 0 aliphatic heterocycles. The van der Waals surface area contributed by atoms with E-state index in [4.69, 9.17) is 4.74 Å². The van der Waals surface area contributed by atoms with Gasteiger partial charge in [0.1, 0.15) is 17.3 Å². The number of nitrogens with one attached hydrogen (secondary N) is 2. The molecule has 0 unspecified atom stereocenters. The Labute approximate surface area is 149 Å². The Morgan fingerprint density at radius 1 is 1.20 bits per heavy atom. The number of benzene rings is 1. The molecular formula is C19H26N4O2. The second-order valence-electron chi connectivity index (χ2n) is 6.19. The van der Waals surface area contributed by atoms with E-state index >= 15 is 0 Å². The van der Waals surface area contributed by atoms with Crippen LogP contribution in [0.3, 0.4) is 0 Å². The largest absolute Gasteiger partial charge is 0.385 e. The van der Waals surface area contributed by atoms with Crippen molar-refractivity contribution in [3.8, 4) is 0 Å². The van der Waals surface area contributed by atoms with Gasteiger partial charge in [-0.15, -0.1) is 0 Å². The van der Waals surface area contributed by atoms with Gasteiger partial charge in [-0.1, -0.05) is 26.0 Å². The van der Waals surface area contributed by atoms with Gasteiger partial charge in [-0.3, -0.25) is 4.79 Å². The summed E-state index contributed by atoms with van der Waals surface area (Å²) in [6.07, 6.45) is 0.764. The van der Waals surface area contributed by atoms with Crippen LogP contribution < -0.4 is 10.6 Å². The lowest BCUT2D eigenvalue weighted by molar-refractivity contribution is 0.0943. The van der Waals surface area contributed by atoms with Crippen molar-refractivity contribution in [2.75, 3.05) is 25.6 Å². The van der Waals surface area contributed by atoms with E-state index in [0.29, 0.717) is 36.4 Å².